The third kappa shape index (κ3) is 7.02. The first-order valence-corrected chi connectivity index (χ1v) is 17.8. The summed E-state index contributed by atoms with van der Waals surface area (Å²) in [6.45, 7) is 2.79. The summed E-state index contributed by atoms with van der Waals surface area (Å²) in [5, 5.41) is 3.26. The molecular weight excluding hydrogens is 646 g/mol. The number of hydrogen-bond acceptors (Lipinski definition) is 7. The summed E-state index contributed by atoms with van der Waals surface area (Å²) in [6.07, 6.45) is 0.717. The van der Waals surface area contributed by atoms with Crippen molar-refractivity contribution < 1.29 is 27.5 Å². The van der Waals surface area contributed by atoms with E-state index in [9.17, 15) is 18.0 Å². The number of hydrogen-bond donors (Lipinski definition) is 0. The Bertz CT molecular complexity index is 1850. The van der Waals surface area contributed by atoms with Crippen molar-refractivity contribution in [3.8, 4) is 11.5 Å². The van der Waals surface area contributed by atoms with Gasteiger partial charge in [0.05, 0.1) is 25.5 Å². The highest BCUT2D eigenvalue weighted by atomic mass is 35.5. The van der Waals surface area contributed by atoms with Crippen LogP contribution in [0.4, 0.5) is 0 Å². The first kappa shape index (κ1) is 33.7. The molecule has 0 N–H and O–H groups in total. The van der Waals surface area contributed by atoms with E-state index in [0.717, 1.165) is 15.6 Å². The van der Waals surface area contributed by atoms with Gasteiger partial charge in [-0.25, -0.2) is 12.7 Å². The number of carbonyl (C=O) groups excluding carboxylic acids is 2. The van der Waals surface area contributed by atoms with Gasteiger partial charge in [-0.3, -0.25) is 9.59 Å². The molecule has 12 heteroatoms. The number of sulfonamides is 1. The van der Waals surface area contributed by atoms with E-state index in [4.69, 9.17) is 21.1 Å². The van der Waals surface area contributed by atoms with Crippen LogP contribution in [-0.4, -0.2) is 80.0 Å². The third-order valence-electron chi connectivity index (χ3n) is 8.58. The van der Waals surface area contributed by atoms with E-state index in [2.05, 4.69) is 0 Å². The zero-order valence-corrected chi connectivity index (χ0v) is 28.8. The second-order valence-electron chi connectivity index (χ2n) is 11.6. The molecule has 0 saturated carbocycles. The quantitative estimate of drug-likeness (QED) is 0.170. The van der Waals surface area contributed by atoms with Gasteiger partial charge in [-0.15, -0.1) is 11.3 Å². The fourth-order valence-electron chi connectivity index (χ4n) is 5.76. The molecule has 0 radical (unpaired) electrons. The molecule has 3 aromatic carbocycles. The minimum absolute atomic E-state index is 0.118. The Morgan fingerprint density at radius 1 is 1.02 bits per heavy atom. The van der Waals surface area contributed by atoms with Gasteiger partial charge in [-0.05, 0) is 49.6 Å². The average molecular weight is 684 g/mol. The molecule has 2 heterocycles. The summed E-state index contributed by atoms with van der Waals surface area (Å²) in [5.41, 5.74) is 1.05. The largest absolute Gasteiger partial charge is 0.497 e. The minimum Gasteiger partial charge on any atom is -0.497 e. The summed E-state index contributed by atoms with van der Waals surface area (Å²) >= 11 is 7.76. The van der Waals surface area contributed by atoms with Crippen LogP contribution in [0.25, 0.3) is 10.1 Å². The van der Waals surface area contributed by atoms with Crippen LogP contribution in [-0.2, 0) is 27.9 Å². The van der Waals surface area contributed by atoms with Crippen LogP contribution < -0.4 is 9.47 Å². The van der Waals surface area contributed by atoms with Crippen molar-refractivity contribution in [1.29, 1.82) is 0 Å². The van der Waals surface area contributed by atoms with Gasteiger partial charge in [-0.1, -0.05) is 48.0 Å². The molecule has 1 saturated heterocycles. The van der Waals surface area contributed by atoms with Gasteiger partial charge in [0.2, 0.25) is 15.9 Å². The average Bonchev–Trinajstić information content (AvgIpc) is 3.47. The van der Waals surface area contributed by atoms with Gasteiger partial charge in [0.15, 0.2) is 0 Å². The zero-order valence-electron chi connectivity index (χ0n) is 26.4. The van der Waals surface area contributed by atoms with Crippen molar-refractivity contribution in [3.05, 3.63) is 93.8 Å². The molecule has 244 valence electrons. The maximum atomic E-state index is 14.3. The Morgan fingerprint density at radius 3 is 2.50 bits per heavy atom. The number of thiophene rings is 1. The molecule has 0 bridgehead atoms. The summed E-state index contributed by atoms with van der Waals surface area (Å²) in [4.78, 5) is 31.3. The molecule has 0 aliphatic carbocycles. The van der Waals surface area contributed by atoms with Crippen molar-refractivity contribution in [2.24, 2.45) is 0 Å². The van der Waals surface area contributed by atoms with Crippen LogP contribution in [0.1, 0.15) is 41.3 Å². The Balaban J connectivity index is 1.31. The molecule has 0 spiro atoms. The highest BCUT2D eigenvalue weighted by molar-refractivity contribution is 7.89. The third-order valence-corrected chi connectivity index (χ3v) is 11.7. The van der Waals surface area contributed by atoms with Crippen molar-refractivity contribution in [1.82, 2.24) is 14.1 Å². The van der Waals surface area contributed by atoms with E-state index < -0.39 is 15.6 Å². The van der Waals surface area contributed by atoms with Crippen LogP contribution in [0.3, 0.4) is 0 Å². The maximum absolute atomic E-state index is 14.3. The van der Waals surface area contributed by atoms with Crippen LogP contribution in [0.5, 0.6) is 11.5 Å². The Morgan fingerprint density at radius 2 is 1.80 bits per heavy atom. The highest BCUT2D eigenvalue weighted by Crippen LogP contribution is 2.37. The lowest BCUT2D eigenvalue weighted by atomic mass is 9.84. The Hall–Kier alpha value is -3.64. The Kier molecular flexibility index (Phi) is 10.3. The number of halogens is 1. The number of benzene rings is 3. The lowest BCUT2D eigenvalue weighted by molar-refractivity contribution is -0.149. The van der Waals surface area contributed by atoms with E-state index in [1.54, 1.807) is 54.2 Å². The van der Waals surface area contributed by atoms with Crippen LogP contribution >= 0.6 is 22.9 Å². The summed E-state index contributed by atoms with van der Waals surface area (Å²) in [5.74, 6) is 0.574. The molecule has 4 aromatic rings. The van der Waals surface area contributed by atoms with Crippen LogP contribution in [0.2, 0.25) is 5.02 Å². The summed E-state index contributed by atoms with van der Waals surface area (Å²) in [7, 11) is 0.930. The van der Waals surface area contributed by atoms with Crippen molar-refractivity contribution in [2.45, 2.75) is 38.4 Å². The van der Waals surface area contributed by atoms with Gasteiger partial charge >= 0.3 is 0 Å². The van der Waals surface area contributed by atoms with Crippen molar-refractivity contribution in [2.75, 3.05) is 40.1 Å². The van der Waals surface area contributed by atoms with E-state index in [-0.39, 0.29) is 43.6 Å². The van der Waals surface area contributed by atoms with E-state index in [1.807, 2.05) is 41.8 Å². The molecule has 5 rings (SSSR count). The Labute approximate surface area is 279 Å². The van der Waals surface area contributed by atoms with Gasteiger partial charge in [0.25, 0.3) is 5.91 Å². The lowest BCUT2D eigenvalue weighted by Crippen LogP contribution is -2.67. The van der Waals surface area contributed by atoms with Gasteiger partial charge < -0.3 is 19.3 Å². The number of amides is 2. The first-order valence-electron chi connectivity index (χ1n) is 14.9. The predicted octanol–water partition coefficient (Wildman–Crippen LogP) is 6.06. The van der Waals surface area contributed by atoms with Gasteiger partial charge in [0, 0.05) is 65.3 Å². The van der Waals surface area contributed by atoms with Crippen LogP contribution in [0, 0.1) is 0 Å². The SMILES string of the molecule is COc1ccc(CN(C)S(=O)(=O)CCCN(Cc2cccc(Cl)c2)C(=O)C2(C)CCN2C(=O)c2csc3ccccc23)c(OC)c1. The molecule has 9 nitrogen and oxygen atoms in total. The monoisotopic (exact) mass is 683 g/mol. The molecule has 1 fully saturated rings. The predicted molar refractivity (Wildman–Crippen MR) is 182 cm³/mol. The molecule has 46 heavy (non-hydrogen) atoms. The molecule has 2 amide bonds. The zero-order chi connectivity index (χ0) is 33.1. The molecule has 1 atom stereocenters. The number of carbonyl (C=O) groups is 2. The molecular formula is C34H38ClN3O6S2. The number of nitrogens with zero attached hydrogens (tertiary/aromatic N) is 3. The van der Waals surface area contributed by atoms with E-state index >= 15 is 0 Å². The van der Waals surface area contributed by atoms with Crippen molar-refractivity contribution >= 4 is 54.9 Å². The maximum Gasteiger partial charge on any atom is 0.256 e. The lowest BCUT2D eigenvalue weighted by Gasteiger charge is -2.51. The fraction of sp³-hybridized carbons (Fsp3) is 0.353. The second-order valence-corrected chi connectivity index (χ2v) is 15.1. The van der Waals surface area contributed by atoms with Crippen LogP contribution in [0.15, 0.2) is 72.1 Å². The number of methoxy groups -OCH3 is 2. The second kappa shape index (κ2) is 14.0. The fourth-order valence-corrected chi connectivity index (χ4v) is 8.05. The molecule has 1 aromatic heterocycles. The topological polar surface area (TPSA) is 96.5 Å². The van der Waals surface area contributed by atoms with E-state index in [1.165, 1.54) is 29.8 Å². The van der Waals surface area contributed by atoms with Gasteiger partial charge in [-0.2, -0.15) is 0 Å². The number of fused-ring (bicyclic) bond motifs is 1. The number of ether oxygens (including phenoxy) is 2. The number of likely N-dealkylation sites (tertiary alicyclic amines) is 1. The van der Waals surface area contributed by atoms with Crippen molar-refractivity contribution in [3.63, 3.8) is 0 Å². The first-order chi connectivity index (χ1) is 22.0. The molecule has 1 aliphatic rings. The summed E-state index contributed by atoms with van der Waals surface area (Å²) < 4.78 is 39.7. The smallest absolute Gasteiger partial charge is 0.256 e. The summed E-state index contributed by atoms with van der Waals surface area (Å²) in [6, 6.07) is 20.2. The molecule has 1 unspecified atom stereocenters. The van der Waals surface area contributed by atoms with E-state index in [0.29, 0.717) is 40.6 Å². The number of rotatable bonds is 13. The highest BCUT2D eigenvalue weighted by Gasteiger charge is 2.51. The normalized spacial score (nSPS) is 16.3. The minimum atomic E-state index is -3.68. The standard InChI is InChI=1S/C34H38ClN3O6S2/c1-34(15-17-38(34)32(39)29-23-45-31-12-6-5-11-28(29)31)33(40)37(21-24-9-7-10-26(35)19-24)16-8-18-46(41,42)36(2)22-25-13-14-27(43-3)20-30(25)44-4/h5-7,9-14,19-20,23H,8,15-18,21-22H2,1-4H3. The van der Waals surface area contributed by atoms with Gasteiger partial charge in [0.1, 0.15) is 17.0 Å². The molecule has 1 aliphatic heterocycles.